The Morgan fingerprint density at radius 1 is 1.07 bits per heavy atom. The van der Waals surface area contributed by atoms with E-state index in [-0.39, 0.29) is 17.5 Å². The van der Waals surface area contributed by atoms with E-state index in [4.69, 9.17) is 4.74 Å². The van der Waals surface area contributed by atoms with E-state index in [0.717, 1.165) is 26.2 Å². The molecule has 3 rings (SSSR count). The zero-order valence-corrected chi connectivity index (χ0v) is 17.3. The van der Waals surface area contributed by atoms with Crippen LogP contribution in [-0.4, -0.2) is 62.1 Å². The predicted molar refractivity (Wildman–Crippen MR) is 116 cm³/mol. The average molecular weight is 405 g/mol. The lowest BCUT2D eigenvalue weighted by molar-refractivity contribution is -0.117. The van der Waals surface area contributed by atoms with Gasteiger partial charge in [-0.2, -0.15) is 5.26 Å². The van der Waals surface area contributed by atoms with Gasteiger partial charge in [0.2, 0.25) is 0 Å². The monoisotopic (exact) mass is 404 g/mol. The van der Waals surface area contributed by atoms with Crippen molar-refractivity contribution in [3.05, 3.63) is 83.6 Å². The Labute approximate surface area is 178 Å². The average Bonchev–Trinajstić information content (AvgIpc) is 2.80. The molecule has 2 aromatic rings. The number of benzene rings is 2. The van der Waals surface area contributed by atoms with Crippen molar-refractivity contribution < 1.29 is 9.53 Å². The largest absolute Gasteiger partial charge is 0.383 e. The van der Waals surface area contributed by atoms with Crippen molar-refractivity contribution >= 4 is 5.91 Å². The van der Waals surface area contributed by atoms with Gasteiger partial charge in [-0.25, -0.2) is 0 Å². The maximum atomic E-state index is 12.2. The summed E-state index contributed by atoms with van der Waals surface area (Å²) in [5.74, 6) is -0.358. The minimum Gasteiger partial charge on any atom is -0.383 e. The molecule has 1 heterocycles. The molecule has 1 N–H and O–H groups in total. The lowest BCUT2D eigenvalue weighted by Gasteiger charge is -2.39. The fourth-order valence-corrected chi connectivity index (χ4v) is 3.69. The summed E-state index contributed by atoms with van der Waals surface area (Å²) in [6.45, 7) is 4.00. The van der Waals surface area contributed by atoms with Crippen molar-refractivity contribution in [1.29, 1.82) is 5.26 Å². The third kappa shape index (κ3) is 5.69. The fraction of sp³-hybridized carbons (Fsp3) is 0.333. The first-order valence-corrected chi connectivity index (χ1v) is 10.2. The summed E-state index contributed by atoms with van der Waals surface area (Å²) in [6.07, 6.45) is 1.68. The first-order valence-electron chi connectivity index (χ1n) is 10.2. The van der Waals surface area contributed by atoms with Crippen molar-refractivity contribution in [2.75, 3.05) is 46.4 Å². The highest BCUT2D eigenvalue weighted by atomic mass is 16.5. The smallest absolute Gasteiger partial charge is 0.263 e. The summed E-state index contributed by atoms with van der Waals surface area (Å²) in [6, 6.07) is 23.3. The summed E-state index contributed by atoms with van der Waals surface area (Å²) in [7, 11) is 1.57. The molecule has 0 bridgehead atoms. The molecule has 6 heteroatoms. The Morgan fingerprint density at radius 3 is 2.13 bits per heavy atom. The number of carbonyl (C=O) groups excluding carboxylic acids is 1. The Morgan fingerprint density at radius 2 is 1.63 bits per heavy atom. The summed E-state index contributed by atoms with van der Waals surface area (Å²) in [5.41, 5.74) is 2.66. The van der Waals surface area contributed by atoms with Crippen LogP contribution in [0.25, 0.3) is 0 Å². The lowest BCUT2D eigenvalue weighted by Crippen LogP contribution is -2.46. The molecule has 0 unspecified atom stereocenters. The van der Waals surface area contributed by atoms with Crippen LogP contribution in [0.4, 0.5) is 0 Å². The van der Waals surface area contributed by atoms with Crippen LogP contribution in [0.15, 0.2) is 72.4 Å². The molecule has 0 atom stereocenters. The van der Waals surface area contributed by atoms with Gasteiger partial charge in [0.05, 0.1) is 12.6 Å². The molecule has 6 nitrogen and oxygen atoms in total. The zero-order chi connectivity index (χ0) is 21.2. The Bertz CT molecular complexity index is 830. The number of rotatable bonds is 8. The molecule has 0 saturated carbocycles. The Balaban J connectivity index is 1.68. The van der Waals surface area contributed by atoms with Crippen LogP contribution in [0.5, 0.6) is 0 Å². The van der Waals surface area contributed by atoms with E-state index in [1.165, 1.54) is 11.1 Å². The number of nitrogens with zero attached hydrogens (tertiary/aromatic N) is 3. The molecule has 30 heavy (non-hydrogen) atoms. The second-order valence-corrected chi connectivity index (χ2v) is 7.20. The summed E-state index contributed by atoms with van der Waals surface area (Å²) in [4.78, 5) is 16.7. The first kappa shape index (κ1) is 21.6. The van der Waals surface area contributed by atoms with Gasteiger partial charge in [0.15, 0.2) is 0 Å². The van der Waals surface area contributed by atoms with Crippen molar-refractivity contribution in [2.45, 2.75) is 6.04 Å². The van der Waals surface area contributed by atoms with Crippen LogP contribution in [0.3, 0.4) is 0 Å². The van der Waals surface area contributed by atoms with Crippen LogP contribution < -0.4 is 5.32 Å². The van der Waals surface area contributed by atoms with E-state index in [0.29, 0.717) is 13.2 Å². The van der Waals surface area contributed by atoms with Crippen molar-refractivity contribution in [2.24, 2.45) is 0 Å². The second kappa shape index (κ2) is 11.1. The van der Waals surface area contributed by atoms with Gasteiger partial charge in [-0.1, -0.05) is 60.7 Å². The number of ether oxygens (including phenoxy) is 1. The summed E-state index contributed by atoms with van der Waals surface area (Å²) >= 11 is 0. The van der Waals surface area contributed by atoms with Gasteiger partial charge in [-0.3, -0.25) is 9.69 Å². The molecular weight excluding hydrogens is 376 g/mol. The summed E-state index contributed by atoms with van der Waals surface area (Å²) in [5, 5.41) is 12.1. The van der Waals surface area contributed by atoms with Crippen molar-refractivity contribution in [3.8, 4) is 6.07 Å². The van der Waals surface area contributed by atoms with Crippen molar-refractivity contribution in [1.82, 2.24) is 15.1 Å². The topological polar surface area (TPSA) is 68.6 Å². The van der Waals surface area contributed by atoms with E-state index >= 15 is 0 Å². The first-order chi connectivity index (χ1) is 14.7. The normalized spacial score (nSPS) is 15.1. The van der Waals surface area contributed by atoms with Crippen LogP contribution in [0.2, 0.25) is 0 Å². The molecule has 0 radical (unpaired) electrons. The van der Waals surface area contributed by atoms with Gasteiger partial charge in [-0.15, -0.1) is 0 Å². The minimum atomic E-state index is -0.358. The molecular formula is C24H28N4O2. The van der Waals surface area contributed by atoms with E-state index in [9.17, 15) is 10.1 Å². The van der Waals surface area contributed by atoms with E-state index < -0.39 is 0 Å². The molecule has 0 aromatic heterocycles. The van der Waals surface area contributed by atoms with Gasteiger partial charge in [0.25, 0.3) is 5.91 Å². The third-order valence-corrected chi connectivity index (χ3v) is 5.21. The van der Waals surface area contributed by atoms with E-state index in [1.54, 1.807) is 13.3 Å². The number of nitrogens with one attached hydrogen (secondary N) is 1. The van der Waals surface area contributed by atoms with Gasteiger partial charge >= 0.3 is 0 Å². The Hall–Kier alpha value is -3.14. The molecule has 1 fully saturated rings. The molecule has 0 aliphatic carbocycles. The number of piperazine rings is 1. The molecule has 1 amide bonds. The number of nitriles is 1. The van der Waals surface area contributed by atoms with Crippen LogP contribution in [0, 0.1) is 11.3 Å². The highest BCUT2D eigenvalue weighted by Gasteiger charge is 2.26. The number of carbonyl (C=O) groups is 1. The van der Waals surface area contributed by atoms with Gasteiger partial charge in [0.1, 0.15) is 11.6 Å². The molecule has 0 spiro atoms. The molecule has 1 aliphatic heterocycles. The number of amides is 1. The van der Waals surface area contributed by atoms with Crippen LogP contribution in [-0.2, 0) is 9.53 Å². The predicted octanol–water partition coefficient (Wildman–Crippen LogP) is 2.56. The lowest BCUT2D eigenvalue weighted by atomic mass is 9.96. The van der Waals surface area contributed by atoms with E-state index in [2.05, 4.69) is 63.6 Å². The number of methoxy groups -OCH3 is 1. The third-order valence-electron chi connectivity index (χ3n) is 5.21. The Kier molecular flexibility index (Phi) is 8.02. The molecule has 156 valence electrons. The summed E-state index contributed by atoms with van der Waals surface area (Å²) < 4.78 is 4.93. The zero-order valence-electron chi connectivity index (χ0n) is 17.3. The molecule has 1 aliphatic rings. The van der Waals surface area contributed by atoms with Crippen LogP contribution in [0.1, 0.15) is 17.2 Å². The van der Waals surface area contributed by atoms with E-state index in [1.807, 2.05) is 18.2 Å². The SMILES string of the molecule is COCCNC(=O)/C(C#N)=C\N1CCN(C(c2ccccc2)c2ccccc2)CC1. The number of hydrogen-bond acceptors (Lipinski definition) is 5. The standard InChI is InChI=1S/C24H28N4O2/c1-30-17-12-26-24(29)22(18-25)19-27-13-15-28(16-14-27)23(20-8-4-2-5-9-20)21-10-6-3-7-11-21/h2-11,19,23H,12-17H2,1H3,(H,26,29)/b22-19-. The number of hydrogen-bond donors (Lipinski definition) is 1. The quantitative estimate of drug-likeness (QED) is 0.416. The second-order valence-electron chi connectivity index (χ2n) is 7.20. The molecule has 1 saturated heterocycles. The van der Waals surface area contributed by atoms with Crippen molar-refractivity contribution in [3.63, 3.8) is 0 Å². The minimum absolute atomic E-state index is 0.127. The van der Waals surface area contributed by atoms with Gasteiger partial charge in [0, 0.05) is 46.0 Å². The van der Waals surface area contributed by atoms with Gasteiger partial charge < -0.3 is 15.0 Å². The maximum Gasteiger partial charge on any atom is 0.263 e. The fourth-order valence-electron chi connectivity index (χ4n) is 3.69. The highest BCUT2D eigenvalue weighted by Crippen LogP contribution is 2.29. The highest BCUT2D eigenvalue weighted by molar-refractivity contribution is 5.97. The maximum absolute atomic E-state index is 12.2. The van der Waals surface area contributed by atoms with Gasteiger partial charge in [-0.05, 0) is 11.1 Å². The molecule has 2 aromatic carbocycles. The van der Waals surface area contributed by atoms with Crippen LogP contribution >= 0.6 is 0 Å².